The van der Waals surface area contributed by atoms with Crippen molar-refractivity contribution in [1.29, 1.82) is 0 Å². The van der Waals surface area contributed by atoms with Gasteiger partial charge in [0.2, 0.25) is 0 Å². The Bertz CT molecular complexity index is 1080. The summed E-state index contributed by atoms with van der Waals surface area (Å²) in [5.41, 5.74) is 6.15. The van der Waals surface area contributed by atoms with Crippen molar-refractivity contribution in [2.24, 2.45) is 7.05 Å². The molecule has 2 heterocycles. The van der Waals surface area contributed by atoms with Crippen molar-refractivity contribution in [3.8, 4) is 0 Å². The van der Waals surface area contributed by atoms with E-state index in [2.05, 4.69) is 60.8 Å². The molecule has 1 aliphatic carbocycles. The second-order valence-electron chi connectivity index (χ2n) is 9.24. The van der Waals surface area contributed by atoms with Crippen LogP contribution in [0, 0.1) is 6.92 Å². The molecule has 6 nitrogen and oxygen atoms in total. The van der Waals surface area contributed by atoms with Crippen molar-refractivity contribution in [2.75, 3.05) is 5.32 Å². The number of nitrogens with zero attached hydrogens (tertiary/aromatic N) is 3. The number of hydrogen-bond donors (Lipinski definition) is 2. The van der Waals surface area contributed by atoms with Crippen LogP contribution >= 0.6 is 0 Å². The number of amides is 1. The van der Waals surface area contributed by atoms with E-state index in [1.165, 1.54) is 16.6 Å². The number of carbonyl (C=O) groups excluding carboxylic acids is 1. The lowest BCUT2D eigenvalue weighted by molar-refractivity contribution is 0.0918. The van der Waals surface area contributed by atoms with Crippen LogP contribution in [-0.2, 0) is 7.05 Å². The summed E-state index contributed by atoms with van der Waals surface area (Å²) in [4.78, 5) is 17.5. The maximum absolute atomic E-state index is 12.7. The molecule has 7 heteroatoms. The van der Waals surface area contributed by atoms with Crippen molar-refractivity contribution in [3.63, 3.8) is 0 Å². The topological polar surface area (TPSA) is 71.8 Å². The molecule has 2 N–H and O–H groups in total. The second kappa shape index (κ2) is 8.73. The average molecular weight is 417 g/mol. The van der Waals surface area contributed by atoms with Gasteiger partial charge >= 0.3 is 0 Å². The zero-order chi connectivity index (χ0) is 22.1. The molecule has 2 aromatic heterocycles. The number of benzene rings is 1. The molecule has 162 valence electrons. The molecule has 0 saturated heterocycles. The van der Waals surface area contributed by atoms with E-state index in [-0.39, 0.29) is 11.9 Å². The fourth-order valence-corrected chi connectivity index (χ4v) is 4.50. The summed E-state index contributed by atoms with van der Waals surface area (Å²) in [7, 11) is 3.74. The Labute approximate surface area is 185 Å². The maximum atomic E-state index is 12.7. The molecule has 31 heavy (non-hydrogen) atoms. The number of rotatable bonds is 5. The molecule has 0 bridgehead atoms. The van der Waals surface area contributed by atoms with Gasteiger partial charge in [-0.2, -0.15) is 5.10 Å². The third-order valence-electron chi connectivity index (χ3n) is 6.33. The zero-order valence-corrected chi connectivity index (χ0v) is 19.2. The van der Waals surface area contributed by atoms with Gasteiger partial charge in [-0.15, -0.1) is 0 Å². The number of carbonyl (C=O) groups is 1. The van der Waals surface area contributed by atoms with Crippen LogP contribution in [0.25, 0.3) is 10.9 Å². The molecule has 4 rings (SSSR count). The number of pyridine rings is 1. The summed E-state index contributed by atoms with van der Waals surface area (Å²) in [5.74, 6) is 0.360. The molecular weight excluding hydrogens is 385 g/mol. The Kier molecular flexibility index (Phi) is 6.03. The summed E-state index contributed by atoms with van der Waals surface area (Å²) in [6.07, 6.45) is 5.74. The number of aromatic nitrogens is 3. The highest BCUT2D eigenvalue weighted by atomic mass is 16.2. The minimum atomic E-state index is -0.0221. The summed E-state index contributed by atoms with van der Waals surface area (Å²) < 4.78 is 1.65. The first-order valence-corrected chi connectivity index (χ1v) is 11.3. The van der Waals surface area contributed by atoms with Gasteiger partial charge in [0.25, 0.3) is 5.91 Å². The van der Waals surface area contributed by atoms with E-state index in [0.29, 0.717) is 17.7 Å². The van der Waals surface area contributed by atoms with Gasteiger partial charge in [0.05, 0.1) is 5.52 Å². The minimum Gasteiger partial charge on any atom is -0.382 e. The lowest BCUT2D eigenvalue weighted by atomic mass is 9.90. The van der Waals surface area contributed by atoms with Gasteiger partial charge in [0.15, 0.2) is 0 Å². The standard InChI is InChI=1S/C24H32BN5O/c1-14(2)21-12-22(18-11-15(3)5-10-20(18)29-21)27-16-6-8-17(9-7-16)28-24(31)23-19(25)13-26-30(23)4/h5,10-14,16-17H,6-9,25H2,1-4H3,(H,27,29)(H,28,31). The van der Waals surface area contributed by atoms with Crippen LogP contribution in [-0.4, -0.2) is 40.6 Å². The monoisotopic (exact) mass is 417 g/mol. The number of aryl methyl sites for hydroxylation is 2. The zero-order valence-electron chi connectivity index (χ0n) is 19.2. The summed E-state index contributed by atoms with van der Waals surface area (Å²) in [6, 6.07) is 9.29. The third kappa shape index (κ3) is 4.60. The summed E-state index contributed by atoms with van der Waals surface area (Å²) in [5, 5.41) is 12.4. The third-order valence-corrected chi connectivity index (χ3v) is 6.33. The van der Waals surface area contributed by atoms with Crippen LogP contribution in [0.2, 0.25) is 0 Å². The fraction of sp³-hybridized carbons (Fsp3) is 0.458. The van der Waals surface area contributed by atoms with Gasteiger partial charge in [0, 0.05) is 42.1 Å². The highest BCUT2D eigenvalue weighted by Crippen LogP contribution is 2.30. The summed E-state index contributed by atoms with van der Waals surface area (Å²) in [6.45, 7) is 6.49. The van der Waals surface area contributed by atoms with E-state index in [4.69, 9.17) is 4.98 Å². The number of anilines is 1. The first kappa shape index (κ1) is 21.4. The lowest BCUT2D eigenvalue weighted by Gasteiger charge is -2.31. The molecule has 1 amide bonds. The van der Waals surface area contributed by atoms with Crippen molar-refractivity contribution in [1.82, 2.24) is 20.1 Å². The molecule has 1 saturated carbocycles. The molecule has 1 aromatic carbocycles. The molecule has 0 aliphatic heterocycles. The van der Waals surface area contributed by atoms with E-state index < -0.39 is 0 Å². The van der Waals surface area contributed by atoms with E-state index in [1.807, 2.05) is 14.9 Å². The van der Waals surface area contributed by atoms with Crippen LogP contribution in [0.5, 0.6) is 0 Å². The van der Waals surface area contributed by atoms with Gasteiger partial charge in [-0.05, 0) is 62.2 Å². The van der Waals surface area contributed by atoms with Gasteiger partial charge < -0.3 is 10.6 Å². The molecule has 0 spiro atoms. The van der Waals surface area contributed by atoms with Crippen LogP contribution in [0.1, 0.15) is 67.2 Å². The molecular formula is C24H32BN5O. The van der Waals surface area contributed by atoms with Crippen molar-refractivity contribution >= 4 is 35.8 Å². The smallest absolute Gasteiger partial charge is 0.269 e. The Hall–Kier alpha value is -2.83. The average Bonchev–Trinajstić information content (AvgIpc) is 3.07. The predicted molar refractivity (Wildman–Crippen MR) is 129 cm³/mol. The first-order valence-electron chi connectivity index (χ1n) is 11.3. The second-order valence-corrected chi connectivity index (χ2v) is 9.24. The van der Waals surface area contributed by atoms with Crippen molar-refractivity contribution < 1.29 is 4.79 Å². The van der Waals surface area contributed by atoms with Crippen LogP contribution in [0.15, 0.2) is 30.5 Å². The molecule has 3 aromatic rings. The SMILES string of the molecule is Bc1cnn(C)c1C(=O)NC1CCC(Nc2cc(C(C)C)nc3ccc(C)cc23)CC1. The van der Waals surface area contributed by atoms with E-state index in [9.17, 15) is 4.79 Å². The van der Waals surface area contributed by atoms with E-state index >= 15 is 0 Å². The molecule has 0 atom stereocenters. The Morgan fingerprint density at radius 1 is 1.16 bits per heavy atom. The minimum absolute atomic E-state index is 0.0221. The molecule has 1 fully saturated rings. The first-order chi connectivity index (χ1) is 14.8. The quantitative estimate of drug-likeness (QED) is 0.627. The number of hydrogen-bond acceptors (Lipinski definition) is 4. The molecule has 0 unspecified atom stereocenters. The summed E-state index contributed by atoms with van der Waals surface area (Å²) >= 11 is 0. The van der Waals surface area contributed by atoms with Gasteiger partial charge in [0.1, 0.15) is 13.5 Å². The van der Waals surface area contributed by atoms with Crippen LogP contribution in [0.4, 0.5) is 5.69 Å². The normalized spacial score (nSPS) is 19.0. The maximum Gasteiger partial charge on any atom is 0.269 e. The number of nitrogens with one attached hydrogen (secondary N) is 2. The Morgan fingerprint density at radius 2 is 1.87 bits per heavy atom. The van der Waals surface area contributed by atoms with E-state index in [0.717, 1.165) is 42.4 Å². The largest absolute Gasteiger partial charge is 0.382 e. The van der Waals surface area contributed by atoms with Crippen molar-refractivity contribution in [2.45, 2.75) is 64.5 Å². The highest BCUT2D eigenvalue weighted by molar-refractivity contribution is 6.36. The molecule has 1 aliphatic rings. The fourth-order valence-electron chi connectivity index (χ4n) is 4.50. The molecule has 0 radical (unpaired) electrons. The van der Waals surface area contributed by atoms with E-state index in [1.54, 1.807) is 10.9 Å². The lowest BCUT2D eigenvalue weighted by Crippen LogP contribution is -2.42. The number of fused-ring (bicyclic) bond motifs is 1. The van der Waals surface area contributed by atoms with Gasteiger partial charge in [-0.3, -0.25) is 14.5 Å². The van der Waals surface area contributed by atoms with Crippen molar-refractivity contribution in [3.05, 3.63) is 47.4 Å². The van der Waals surface area contributed by atoms with Gasteiger partial charge in [-0.25, -0.2) is 0 Å². The Balaban J connectivity index is 1.44. The van der Waals surface area contributed by atoms with Gasteiger partial charge in [-0.1, -0.05) is 25.5 Å². The van der Waals surface area contributed by atoms with Crippen LogP contribution in [0.3, 0.4) is 0 Å². The Morgan fingerprint density at radius 3 is 2.52 bits per heavy atom. The highest BCUT2D eigenvalue weighted by Gasteiger charge is 2.25. The van der Waals surface area contributed by atoms with Crippen LogP contribution < -0.4 is 16.1 Å². The predicted octanol–water partition coefficient (Wildman–Crippen LogP) is 2.81.